The van der Waals surface area contributed by atoms with Gasteiger partial charge >= 0.3 is 0 Å². The van der Waals surface area contributed by atoms with Crippen LogP contribution in [0, 0.1) is 0 Å². The summed E-state index contributed by atoms with van der Waals surface area (Å²) in [6.45, 7) is 1.38. The highest BCUT2D eigenvalue weighted by Crippen LogP contribution is 2.11. The fourth-order valence-corrected chi connectivity index (χ4v) is 1.48. The average molecular weight is 318 g/mol. The van der Waals surface area contributed by atoms with Gasteiger partial charge in [0.15, 0.2) is 0 Å². The Morgan fingerprint density at radius 2 is 2.33 bits per heavy atom. The van der Waals surface area contributed by atoms with Crippen molar-refractivity contribution in [3.05, 3.63) is 41.4 Å². The number of allylic oxidation sites excluding steroid dienone is 2. The highest BCUT2D eigenvalue weighted by molar-refractivity contribution is 14.1. The predicted octanol–water partition coefficient (Wildman–Crippen LogP) is 3.01. The lowest BCUT2D eigenvalue weighted by atomic mass is 10.2. The Bertz CT molecular complexity index is 310. The zero-order valence-electron chi connectivity index (χ0n) is 8.83. The monoisotopic (exact) mass is 318 g/mol. The van der Waals surface area contributed by atoms with Gasteiger partial charge in [-0.3, -0.25) is 0 Å². The van der Waals surface area contributed by atoms with Crippen LogP contribution >= 0.6 is 22.6 Å². The molecule has 0 saturated carbocycles. The van der Waals surface area contributed by atoms with Crippen LogP contribution in [0.15, 0.2) is 41.4 Å². The lowest BCUT2D eigenvalue weighted by molar-refractivity contribution is 0.155. The van der Waals surface area contributed by atoms with E-state index < -0.39 is 0 Å². The average Bonchev–Trinajstić information content (AvgIpc) is 2.49. The number of alkyl halides is 1. The first kappa shape index (κ1) is 12.6. The van der Waals surface area contributed by atoms with Crippen molar-refractivity contribution >= 4 is 22.6 Å². The largest absolute Gasteiger partial charge is 0.496 e. The van der Waals surface area contributed by atoms with Crippen molar-refractivity contribution in [1.82, 2.24) is 0 Å². The minimum absolute atomic E-state index is 0.588. The molecule has 1 rings (SSSR count). The molecule has 2 nitrogen and oxygen atoms in total. The van der Waals surface area contributed by atoms with Crippen LogP contribution in [0.4, 0.5) is 0 Å². The van der Waals surface area contributed by atoms with Crippen LogP contribution < -0.4 is 0 Å². The molecule has 82 valence electrons. The Hall–Kier alpha value is -0.510. The summed E-state index contributed by atoms with van der Waals surface area (Å²) in [6.07, 6.45) is 8.69. The summed E-state index contributed by atoms with van der Waals surface area (Å²) in [6, 6.07) is 0. The molecule has 0 aromatic heterocycles. The van der Waals surface area contributed by atoms with Crippen LogP contribution in [0.1, 0.15) is 6.42 Å². The maximum absolute atomic E-state index is 5.54. The zero-order valence-corrected chi connectivity index (χ0v) is 11.0. The molecule has 1 aliphatic rings. The molecule has 0 saturated heterocycles. The Balaban J connectivity index is 2.52. The number of hydrogen-bond donors (Lipinski definition) is 0. The third-order valence-electron chi connectivity index (χ3n) is 1.91. The summed E-state index contributed by atoms with van der Waals surface area (Å²) in [5.41, 5.74) is 4.08. The SMILES string of the molecule is COC1=C(COCCCI)C=C=CC=C1. The summed E-state index contributed by atoms with van der Waals surface area (Å²) in [7, 11) is 1.67. The molecule has 0 fully saturated rings. The Labute approximate surface area is 104 Å². The van der Waals surface area contributed by atoms with Crippen LogP contribution in [0.5, 0.6) is 0 Å². The van der Waals surface area contributed by atoms with Crippen LogP contribution in [-0.2, 0) is 9.47 Å². The summed E-state index contributed by atoms with van der Waals surface area (Å²) in [5.74, 6) is 0.853. The van der Waals surface area contributed by atoms with Gasteiger partial charge in [-0.15, -0.1) is 5.73 Å². The molecule has 0 bridgehead atoms. The summed E-state index contributed by atoms with van der Waals surface area (Å²) in [4.78, 5) is 0. The van der Waals surface area contributed by atoms with Gasteiger partial charge in [-0.25, -0.2) is 0 Å². The van der Waals surface area contributed by atoms with E-state index in [1.165, 1.54) is 0 Å². The van der Waals surface area contributed by atoms with E-state index in [4.69, 9.17) is 9.47 Å². The fraction of sp³-hybridized carbons (Fsp3) is 0.417. The number of halogens is 1. The Morgan fingerprint density at radius 3 is 3.07 bits per heavy atom. The third kappa shape index (κ3) is 4.69. The van der Waals surface area contributed by atoms with Crippen molar-refractivity contribution in [2.24, 2.45) is 0 Å². The van der Waals surface area contributed by atoms with Crippen molar-refractivity contribution in [1.29, 1.82) is 0 Å². The van der Waals surface area contributed by atoms with Crippen molar-refractivity contribution in [2.75, 3.05) is 24.8 Å². The van der Waals surface area contributed by atoms with E-state index >= 15 is 0 Å². The number of rotatable bonds is 6. The Kier molecular flexibility index (Phi) is 6.48. The lowest BCUT2D eigenvalue weighted by Crippen LogP contribution is -2.02. The van der Waals surface area contributed by atoms with Crippen molar-refractivity contribution in [2.45, 2.75) is 6.42 Å². The zero-order chi connectivity index (χ0) is 10.9. The van der Waals surface area contributed by atoms with Crippen LogP contribution in [0.3, 0.4) is 0 Å². The van der Waals surface area contributed by atoms with Gasteiger partial charge in [0.05, 0.1) is 13.7 Å². The number of hydrogen-bond acceptors (Lipinski definition) is 2. The van der Waals surface area contributed by atoms with Gasteiger partial charge in [0.2, 0.25) is 0 Å². The van der Waals surface area contributed by atoms with E-state index in [2.05, 4.69) is 28.3 Å². The topological polar surface area (TPSA) is 18.5 Å². The van der Waals surface area contributed by atoms with E-state index in [-0.39, 0.29) is 0 Å². The minimum atomic E-state index is 0.588. The second-order valence-corrected chi connectivity index (χ2v) is 4.10. The first-order valence-corrected chi connectivity index (χ1v) is 6.41. The highest BCUT2D eigenvalue weighted by atomic mass is 127. The maximum atomic E-state index is 5.54. The maximum Gasteiger partial charge on any atom is 0.125 e. The summed E-state index contributed by atoms with van der Waals surface area (Å²) < 4.78 is 11.9. The summed E-state index contributed by atoms with van der Waals surface area (Å²) in [5, 5.41) is 0. The van der Waals surface area contributed by atoms with Gasteiger partial charge in [-0.05, 0) is 24.6 Å². The molecule has 0 atom stereocenters. The quantitative estimate of drug-likeness (QED) is 0.324. The predicted molar refractivity (Wildman–Crippen MR) is 70.2 cm³/mol. The molecule has 0 aromatic carbocycles. The van der Waals surface area contributed by atoms with Crippen molar-refractivity contribution < 1.29 is 9.47 Å². The lowest BCUT2D eigenvalue weighted by Gasteiger charge is -2.07. The van der Waals surface area contributed by atoms with Gasteiger partial charge in [-0.2, -0.15) is 0 Å². The van der Waals surface area contributed by atoms with Gasteiger partial charge in [-0.1, -0.05) is 28.7 Å². The van der Waals surface area contributed by atoms with Crippen LogP contribution in [0.2, 0.25) is 0 Å². The third-order valence-corrected chi connectivity index (χ3v) is 2.68. The molecule has 0 aliphatic heterocycles. The summed E-state index contributed by atoms with van der Waals surface area (Å²) >= 11 is 2.35. The molecule has 1 aliphatic carbocycles. The van der Waals surface area contributed by atoms with Crippen molar-refractivity contribution in [3.63, 3.8) is 0 Å². The molecule has 0 amide bonds. The van der Waals surface area contributed by atoms with Crippen molar-refractivity contribution in [3.8, 4) is 0 Å². The normalized spacial score (nSPS) is 14.5. The Morgan fingerprint density at radius 1 is 1.47 bits per heavy atom. The van der Waals surface area contributed by atoms with E-state index in [1.54, 1.807) is 7.11 Å². The first-order chi connectivity index (χ1) is 7.38. The van der Waals surface area contributed by atoms with E-state index in [0.29, 0.717) is 6.61 Å². The van der Waals surface area contributed by atoms with E-state index in [0.717, 1.165) is 28.8 Å². The molecule has 0 spiro atoms. The minimum Gasteiger partial charge on any atom is -0.496 e. The molecule has 0 heterocycles. The molecule has 0 unspecified atom stereocenters. The van der Waals surface area contributed by atoms with Crippen LogP contribution in [0.25, 0.3) is 0 Å². The smallest absolute Gasteiger partial charge is 0.125 e. The number of ether oxygens (including phenoxy) is 2. The molecule has 3 heteroatoms. The molecule has 0 radical (unpaired) electrons. The molecular formula is C12H15IO2. The molecular weight excluding hydrogens is 303 g/mol. The van der Waals surface area contributed by atoms with Gasteiger partial charge < -0.3 is 9.47 Å². The second-order valence-electron chi connectivity index (χ2n) is 3.03. The van der Waals surface area contributed by atoms with Gasteiger partial charge in [0.25, 0.3) is 0 Å². The van der Waals surface area contributed by atoms with Gasteiger partial charge in [0.1, 0.15) is 5.76 Å². The first-order valence-electron chi connectivity index (χ1n) is 4.88. The second kappa shape index (κ2) is 7.74. The van der Waals surface area contributed by atoms with E-state index in [1.807, 2.05) is 24.3 Å². The number of methoxy groups -OCH3 is 1. The fourth-order valence-electron chi connectivity index (χ4n) is 1.17. The highest BCUT2D eigenvalue weighted by Gasteiger charge is 2.03. The molecule has 0 aromatic rings. The van der Waals surface area contributed by atoms with E-state index in [9.17, 15) is 0 Å². The standard InChI is InChI=1S/C12H15IO2/c1-14-12-7-4-2-3-6-11(12)10-15-9-5-8-13/h2,4,6-7H,5,8-10H2,1H3. The molecule has 15 heavy (non-hydrogen) atoms. The van der Waals surface area contributed by atoms with Crippen LogP contribution in [-0.4, -0.2) is 24.8 Å². The molecule has 0 N–H and O–H groups in total. The van der Waals surface area contributed by atoms with Gasteiger partial charge in [0, 0.05) is 16.6 Å².